The van der Waals surface area contributed by atoms with E-state index in [2.05, 4.69) is 9.88 Å². The highest BCUT2D eigenvalue weighted by Gasteiger charge is 2.24. The molecule has 1 saturated heterocycles. The molecule has 9 heteroatoms. The lowest BCUT2D eigenvalue weighted by molar-refractivity contribution is -0.129. The SMILES string of the molecule is COc1cccc2sc(N(C)CC(=O)N3CCN(c4cccc(Cl)c4Cl)CC3)nc12. The smallest absolute Gasteiger partial charge is 0.242 e. The summed E-state index contributed by atoms with van der Waals surface area (Å²) in [6.45, 7) is 2.99. The van der Waals surface area contributed by atoms with Gasteiger partial charge in [0.05, 0.1) is 34.1 Å². The van der Waals surface area contributed by atoms with Gasteiger partial charge in [0, 0.05) is 33.2 Å². The van der Waals surface area contributed by atoms with E-state index in [1.165, 1.54) is 0 Å². The third-order valence-corrected chi connectivity index (χ3v) is 7.14. The second kappa shape index (κ2) is 8.88. The molecule has 0 saturated carbocycles. The molecule has 0 aliphatic carbocycles. The number of fused-ring (bicyclic) bond motifs is 1. The van der Waals surface area contributed by atoms with Crippen LogP contribution < -0.4 is 14.5 Å². The average Bonchev–Trinajstić information content (AvgIpc) is 3.20. The van der Waals surface area contributed by atoms with Gasteiger partial charge in [-0.15, -0.1) is 0 Å². The zero-order valence-electron chi connectivity index (χ0n) is 16.8. The van der Waals surface area contributed by atoms with Gasteiger partial charge in [-0.3, -0.25) is 4.79 Å². The van der Waals surface area contributed by atoms with Gasteiger partial charge in [0.15, 0.2) is 5.13 Å². The van der Waals surface area contributed by atoms with Crippen molar-refractivity contribution < 1.29 is 9.53 Å². The van der Waals surface area contributed by atoms with Crippen LogP contribution >= 0.6 is 34.5 Å². The van der Waals surface area contributed by atoms with Crippen LogP contribution in [-0.4, -0.2) is 62.7 Å². The summed E-state index contributed by atoms with van der Waals surface area (Å²) < 4.78 is 6.42. The molecule has 30 heavy (non-hydrogen) atoms. The minimum atomic E-state index is 0.0839. The summed E-state index contributed by atoms with van der Waals surface area (Å²) in [5.74, 6) is 0.825. The Kier molecular flexibility index (Phi) is 6.22. The number of aromatic nitrogens is 1. The van der Waals surface area contributed by atoms with Crippen LogP contribution in [-0.2, 0) is 4.79 Å². The molecule has 1 aliphatic rings. The summed E-state index contributed by atoms with van der Waals surface area (Å²) in [6, 6.07) is 11.5. The van der Waals surface area contributed by atoms with Gasteiger partial charge in [-0.2, -0.15) is 0 Å². The molecule has 1 aromatic heterocycles. The summed E-state index contributed by atoms with van der Waals surface area (Å²) in [5, 5.41) is 1.90. The van der Waals surface area contributed by atoms with Crippen LogP contribution in [0.25, 0.3) is 10.2 Å². The van der Waals surface area contributed by atoms with E-state index < -0.39 is 0 Å². The van der Waals surface area contributed by atoms with Crippen molar-refractivity contribution in [3.63, 3.8) is 0 Å². The van der Waals surface area contributed by atoms with Crippen molar-refractivity contribution >= 4 is 61.5 Å². The quantitative estimate of drug-likeness (QED) is 0.559. The first-order valence-corrected chi connectivity index (χ1v) is 11.2. The number of hydrogen-bond donors (Lipinski definition) is 0. The van der Waals surface area contributed by atoms with Gasteiger partial charge in [0.1, 0.15) is 11.3 Å². The molecule has 1 amide bonds. The molecule has 0 N–H and O–H groups in total. The number of ether oxygens (including phenoxy) is 1. The Morgan fingerprint density at radius 1 is 1.17 bits per heavy atom. The molecule has 1 fully saturated rings. The van der Waals surface area contributed by atoms with Crippen LogP contribution in [0.15, 0.2) is 36.4 Å². The van der Waals surface area contributed by atoms with Crippen LogP contribution in [0.4, 0.5) is 10.8 Å². The summed E-state index contributed by atoms with van der Waals surface area (Å²) >= 11 is 14.0. The summed E-state index contributed by atoms with van der Waals surface area (Å²) in [7, 11) is 3.53. The number of para-hydroxylation sites is 1. The number of piperazine rings is 1. The van der Waals surface area contributed by atoms with Crippen molar-refractivity contribution in [1.82, 2.24) is 9.88 Å². The fraction of sp³-hybridized carbons (Fsp3) is 0.333. The summed E-state index contributed by atoms with van der Waals surface area (Å²) in [5.41, 5.74) is 1.74. The van der Waals surface area contributed by atoms with Gasteiger partial charge < -0.3 is 19.4 Å². The first-order valence-electron chi connectivity index (χ1n) is 9.59. The molecule has 4 rings (SSSR count). The van der Waals surface area contributed by atoms with Crippen LogP contribution in [0.2, 0.25) is 10.0 Å². The highest BCUT2D eigenvalue weighted by molar-refractivity contribution is 7.22. The molecule has 6 nitrogen and oxygen atoms in total. The van der Waals surface area contributed by atoms with E-state index in [0.29, 0.717) is 36.2 Å². The number of methoxy groups -OCH3 is 1. The van der Waals surface area contributed by atoms with Crippen molar-refractivity contribution in [2.24, 2.45) is 0 Å². The summed E-state index contributed by atoms with van der Waals surface area (Å²) in [4.78, 5) is 23.5. The fourth-order valence-electron chi connectivity index (χ4n) is 3.54. The van der Waals surface area contributed by atoms with Crippen molar-refractivity contribution in [3.05, 3.63) is 46.4 Å². The molecular formula is C21H22Cl2N4O2S. The van der Waals surface area contributed by atoms with E-state index >= 15 is 0 Å². The van der Waals surface area contributed by atoms with E-state index in [1.807, 2.05) is 47.2 Å². The number of nitrogens with zero attached hydrogens (tertiary/aromatic N) is 4. The number of anilines is 2. The highest BCUT2D eigenvalue weighted by Crippen LogP contribution is 2.34. The number of rotatable bonds is 5. The zero-order valence-corrected chi connectivity index (χ0v) is 19.1. The van der Waals surface area contributed by atoms with Crippen LogP contribution in [0.1, 0.15) is 0 Å². The van der Waals surface area contributed by atoms with Crippen molar-refractivity contribution in [1.29, 1.82) is 0 Å². The van der Waals surface area contributed by atoms with E-state index in [4.69, 9.17) is 27.9 Å². The Labute approximate surface area is 189 Å². The largest absolute Gasteiger partial charge is 0.494 e. The van der Waals surface area contributed by atoms with Crippen LogP contribution in [0.3, 0.4) is 0 Å². The number of benzene rings is 2. The van der Waals surface area contributed by atoms with Crippen molar-refractivity contribution in [2.45, 2.75) is 0 Å². The number of hydrogen-bond acceptors (Lipinski definition) is 6. The first kappa shape index (κ1) is 21.0. The normalized spacial score (nSPS) is 14.3. The third-order valence-electron chi connectivity index (χ3n) is 5.19. The van der Waals surface area contributed by atoms with Gasteiger partial charge in [-0.05, 0) is 24.3 Å². The average molecular weight is 465 g/mol. The number of carbonyl (C=O) groups is 1. The molecule has 1 aliphatic heterocycles. The topological polar surface area (TPSA) is 48.9 Å². The standard InChI is InChI=1S/C21H22Cl2N4O2S/c1-25(21-24-20-16(29-2)7-4-8-17(20)30-21)13-18(28)27-11-9-26(10-12-27)15-6-3-5-14(22)19(15)23/h3-8H,9-13H2,1-2H3. The maximum absolute atomic E-state index is 12.9. The Morgan fingerprint density at radius 3 is 2.63 bits per heavy atom. The van der Waals surface area contributed by atoms with E-state index in [1.54, 1.807) is 24.5 Å². The first-order chi connectivity index (χ1) is 14.5. The molecule has 2 aromatic carbocycles. The summed E-state index contributed by atoms with van der Waals surface area (Å²) in [6.07, 6.45) is 0. The Balaban J connectivity index is 1.38. The minimum absolute atomic E-state index is 0.0839. The van der Waals surface area contributed by atoms with Crippen molar-refractivity contribution in [3.8, 4) is 5.75 Å². The van der Waals surface area contributed by atoms with Crippen LogP contribution in [0, 0.1) is 0 Å². The molecule has 3 aromatic rings. The second-order valence-corrected chi connectivity index (χ2v) is 8.89. The molecule has 2 heterocycles. The van der Waals surface area contributed by atoms with Gasteiger partial charge in [-0.1, -0.05) is 46.7 Å². The molecule has 0 bridgehead atoms. The predicted molar refractivity (Wildman–Crippen MR) is 125 cm³/mol. The number of likely N-dealkylation sites (N-methyl/N-ethyl adjacent to an activating group) is 1. The molecule has 158 valence electrons. The lowest BCUT2D eigenvalue weighted by Gasteiger charge is -2.37. The lowest BCUT2D eigenvalue weighted by atomic mass is 10.2. The van der Waals surface area contributed by atoms with Gasteiger partial charge in [0.2, 0.25) is 5.91 Å². The van der Waals surface area contributed by atoms with E-state index in [9.17, 15) is 4.79 Å². The third kappa shape index (κ3) is 4.15. The number of halogens is 2. The minimum Gasteiger partial charge on any atom is -0.494 e. The number of thiazole rings is 1. The van der Waals surface area contributed by atoms with Crippen molar-refractivity contribution in [2.75, 3.05) is 56.7 Å². The Bertz CT molecular complexity index is 1070. The van der Waals surface area contributed by atoms with E-state index in [0.717, 1.165) is 26.8 Å². The second-order valence-electron chi connectivity index (χ2n) is 7.10. The monoisotopic (exact) mass is 464 g/mol. The number of amides is 1. The fourth-order valence-corrected chi connectivity index (χ4v) is 4.90. The van der Waals surface area contributed by atoms with Gasteiger partial charge >= 0.3 is 0 Å². The van der Waals surface area contributed by atoms with Gasteiger partial charge in [-0.25, -0.2) is 4.98 Å². The molecule has 0 spiro atoms. The molecule has 0 atom stereocenters. The van der Waals surface area contributed by atoms with Gasteiger partial charge in [0.25, 0.3) is 0 Å². The zero-order chi connectivity index (χ0) is 21.3. The number of carbonyl (C=O) groups excluding carboxylic acids is 1. The highest BCUT2D eigenvalue weighted by atomic mass is 35.5. The maximum Gasteiger partial charge on any atom is 0.242 e. The molecular weight excluding hydrogens is 443 g/mol. The maximum atomic E-state index is 12.9. The predicted octanol–water partition coefficient (Wildman–Crippen LogP) is 4.40. The molecule has 0 radical (unpaired) electrons. The van der Waals surface area contributed by atoms with E-state index in [-0.39, 0.29) is 12.5 Å². The lowest BCUT2D eigenvalue weighted by Crippen LogP contribution is -2.51. The van der Waals surface area contributed by atoms with Crippen LogP contribution in [0.5, 0.6) is 5.75 Å². The Hall–Kier alpha value is -2.22. The molecule has 0 unspecified atom stereocenters. The Morgan fingerprint density at radius 2 is 1.90 bits per heavy atom.